The Kier molecular flexibility index (Phi) is 4.71. The van der Waals surface area contributed by atoms with Gasteiger partial charge in [-0.05, 0) is 30.7 Å². The minimum Gasteiger partial charge on any atom is -0.487 e. The molecule has 6 nitrogen and oxygen atoms in total. The van der Waals surface area contributed by atoms with E-state index in [4.69, 9.17) is 4.74 Å². The Bertz CT molecular complexity index is 636. The van der Waals surface area contributed by atoms with Crippen molar-refractivity contribution in [3.63, 3.8) is 0 Å². The highest BCUT2D eigenvalue weighted by Crippen LogP contribution is 2.18. The van der Waals surface area contributed by atoms with Crippen LogP contribution < -0.4 is 10.1 Å². The monoisotopic (exact) mass is 312 g/mol. The molecule has 1 fully saturated rings. The number of ether oxygens (including phenoxy) is 1. The number of aromatic nitrogens is 2. The molecular formula is C17H20N4O2. The average molecular weight is 312 g/mol. The molecule has 120 valence electrons. The Balaban J connectivity index is 1.51. The molecule has 1 N–H and O–H groups in total. The number of likely N-dealkylation sites (tertiary alicyclic amines) is 1. The molecular weight excluding hydrogens is 292 g/mol. The summed E-state index contributed by atoms with van der Waals surface area (Å²) in [6, 6.07) is 7.39. The number of pyridine rings is 2. The molecule has 2 amide bonds. The van der Waals surface area contributed by atoms with Crippen LogP contribution in [0.5, 0.6) is 5.75 Å². The predicted octanol–water partition coefficient (Wildman–Crippen LogP) is 2.40. The number of nitrogens with zero attached hydrogens (tertiary/aromatic N) is 3. The van der Waals surface area contributed by atoms with Crippen LogP contribution in [0.1, 0.15) is 24.9 Å². The van der Waals surface area contributed by atoms with Crippen LogP contribution in [0.3, 0.4) is 0 Å². The number of urea groups is 1. The highest BCUT2D eigenvalue weighted by Gasteiger charge is 2.28. The van der Waals surface area contributed by atoms with E-state index in [0.29, 0.717) is 13.1 Å². The standard InChI is InChI=1S/C17H20N4O2/c1-13(14-4-2-7-18-10-14)20-17(22)21-9-6-16(12-21)23-15-5-3-8-19-11-15/h2-5,7-8,10-11,13,16H,6,9,12H2,1H3,(H,20,22)/t13-,16+/m1/s1. The summed E-state index contributed by atoms with van der Waals surface area (Å²) in [4.78, 5) is 22.2. The van der Waals surface area contributed by atoms with Gasteiger partial charge in [-0.2, -0.15) is 0 Å². The van der Waals surface area contributed by atoms with Gasteiger partial charge in [-0.1, -0.05) is 6.07 Å². The lowest BCUT2D eigenvalue weighted by atomic mass is 10.1. The quantitative estimate of drug-likeness (QED) is 0.941. The van der Waals surface area contributed by atoms with Crippen molar-refractivity contribution in [2.45, 2.75) is 25.5 Å². The molecule has 0 radical (unpaired) electrons. The van der Waals surface area contributed by atoms with Gasteiger partial charge in [-0.3, -0.25) is 9.97 Å². The smallest absolute Gasteiger partial charge is 0.318 e. The summed E-state index contributed by atoms with van der Waals surface area (Å²) in [5.74, 6) is 0.739. The van der Waals surface area contributed by atoms with E-state index < -0.39 is 0 Å². The largest absolute Gasteiger partial charge is 0.487 e. The average Bonchev–Trinajstić information content (AvgIpc) is 3.05. The number of carbonyl (C=O) groups excluding carboxylic acids is 1. The van der Waals surface area contributed by atoms with Gasteiger partial charge in [0, 0.05) is 31.6 Å². The van der Waals surface area contributed by atoms with Gasteiger partial charge in [0.2, 0.25) is 0 Å². The number of hydrogen-bond donors (Lipinski definition) is 1. The molecule has 2 aromatic heterocycles. The zero-order valence-corrected chi connectivity index (χ0v) is 13.1. The third kappa shape index (κ3) is 3.97. The maximum Gasteiger partial charge on any atom is 0.318 e. The second-order valence-electron chi connectivity index (χ2n) is 5.62. The summed E-state index contributed by atoms with van der Waals surface area (Å²) in [7, 11) is 0. The number of nitrogens with one attached hydrogen (secondary N) is 1. The van der Waals surface area contributed by atoms with Crippen molar-refractivity contribution >= 4 is 6.03 Å². The van der Waals surface area contributed by atoms with Gasteiger partial charge >= 0.3 is 6.03 Å². The lowest BCUT2D eigenvalue weighted by molar-refractivity contribution is 0.184. The molecule has 3 rings (SSSR count). The minimum atomic E-state index is -0.0745. The van der Waals surface area contributed by atoms with Gasteiger partial charge in [-0.25, -0.2) is 4.79 Å². The van der Waals surface area contributed by atoms with Crippen molar-refractivity contribution in [2.75, 3.05) is 13.1 Å². The molecule has 0 saturated carbocycles. The second-order valence-corrected chi connectivity index (χ2v) is 5.62. The minimum absolute atomic E-state index is 0.0126. The summed E-state index contributed by atoms with van der Waals surface area (Å²) in [6.45, 7) is 3.23. The van der Waals surface area contributed by atoms with Crippen molar-refractivity contribution in [1.29, 1.82) is 0 Å². The summed E-state index contributed by atoms with van der Waals surface area (Å²) in [6.07, 6.45) is 7.72. The number of hydrogen-bond acceptors (Lipinski definition) is 4. The Morgan fingerprint density at radius 1 is 1.30 bits per heavy atom. The SMILES string of the molecule is C[C@@H](NC(=O)N1CC[C@H](Oc2cccnc2)C1)c1cccnc1. The molecule has 0 aromatic carbocycles. The third-order valence-electron chi connectivity index (χ3n) is 3.89. The van der Waals surface area contributed by atoms with Gasteiger partial charge in [0.25, 0.3) is 0 Å². The molecule has 0 bridgehead atoms. The van der Waals surface area contributed by atoms with Gasteiger partial charge in [-0.15, -0.1) is 0 Å². The number of amides is 2. The Morgan fingerprint density at radius 2 is 2.09 bits per heavy atom. The fourth-order valence-electron chi connectivity index (χ4n) is 2.61. The van der Waals surface area contributed by atoms with Gasteiger partial charge in [0.15, 0.2) is 0 Å². The van der Waals surface area contributed by atoms with Crippen LogP contribution in [0, 0.1) is 0 Å². The van der Waals surface area contributed by atoms with Crippen molar-refractivity contribution < 1.29 is 9.53 Å². The topological polar surface area (TPSA) is 67.4 Å². The lowest BCUT2D eigenvalue weighted by Gasteiger charge is -2.21. The summed E-state index contributed by atoms with van der Waals surface area (Å²) >= 11 is 0. The van der Waals surface area contributed by atoms with E-state index in [1.54, 1.807) is 29.7 Å². The number of carbonyl (C=O) groups is 1. The molecule has 2 aromatic rings. The van der Waals surface area contributed by atoms with Crippen LogP contribution in [0.2, 0.25) is 0 Å². The molecule has 1 aliphatic heterocycles. The Labute approximate surface area is 135 Å². The van der Waals surface area contributed by atoms with Crippen molar-refractivity contribution in [3.8, 4) is 5.75 Å². The molecule has 0 spiro atoms. The van der Waals surface area contributed by atoms with E-state index in [1.165, 1.54) is 0 Å². The normalized spacial score (nSPS) is 18.5. The Hall–Kier alpha value is -2.63. The van der Waals surface area contributed by atoms with Crippen molar-refractivity contribution in [3.05, 3.63) is 54.6 Å². The zero-order valence-electron chi connectivity index (χ0n) is 13.1. The lowest BCUT2D eigenvalue weighted by Crippen LogP contribution is -2.40. The van der Waals surface area contributed by atoms with Crippen molar-refractivity contribution in [2.24, 2.45) is 0 Å². The van der Waals surface area contributed by atoms with E-state index in [9.17, 15) is 4.79 Å². The molecule has 1 aliphatic rings. The van der Waals surface area contributed by atoms with Gasteiger partial charge in [0.1, 0.15) is 11.9 Å². The number of rotatable bonds is 4. The van der Waals surface area contributed by atoms with E-state index >= 15 is 0 Å². The fraction of sp³-hybridized carbons (Fsp3) is 0.353. The van der Waals surface area contributed by atoms with Crippen LogP contribution in [0.15, 0.2) is 49.1 Å². The maximum absolute atomic E-state index is 12.4. The molecule has 3 heterocycles. The zero-order chi connectivity index (χ0) is 16.1. The van der Waals surface area contributed by atoms with Gasteiger partial charge < -0.3 is 15.0 Å². The van der Waals surface area contributed by atoms with Crippen molar-refractivity contribution in [1.82, 2.24) is 20.2 Å². The summed E-state index contributed by atoms with van der Waals surface area (Å²) in [5, 5.41) is 3.00. The first-order valence-corrected chi connectivity index (χ1v) is 7.74. The summed E-state index contributed by atoms with van der Waals surface area (Å²) in [5.41, 5.74) is 0.989. The highest BCUT2D eigenvalue weighted by atomic mass is 16.5. The maximum atomic E-state index is 12.4. The molecule has 6 heteroatoms. The fourth-order valence-corrected chi connectivity index (χ4v) is 2.61. The molecule has 23 heavy (non-hydrogen) atoms. The highest BCUT2D eigenvalue weighted by molar-refractivity contribution is 5.75. The summed E-state index contributed by atoms with van der Waals surface area (Å²) < 4.78 is 5.85. The molecule has 0 aliphatic carbocycles. The van der Waals surface area contributed by atoms with Crippen LogP contribution in [0.4, 0.5) is 4.79 Å². The van der Waals surface area contributed by atoms with Crippen LogP contribution in [-0.4, -0.2) is 40.1 Å². The molecule has 2 atom stereocenters. The van der Waals surface area contributed by atoms with Gasteiger partial charge in [0.05, 0.1) is 18.8 Å². The Morgan fingerprint density at radius 3 is 2.78 bits per heavy atom. The van der Waals surface area contributed by atoms with E-state index in [0.717, 1.165) is 17.7 Å². The van der Waals surface area contributed by atoms with E-state index in [-0.39, 0.29) is 18.2 Å². The predicted molar refractivity (Wildman–Crippen MR) is 86.0 cm³/mol. The molecule has 1 saturated heterocycles. The molecule has 0 unspecified atom stereocenters. The van der Waals surface area contributed by atoms with Crippen LogP contribution in [-0.2, 0) is 0 Å². The van der Waals surface area contributed by atoms with E-state index in [1.807, 2.05) is 31.2 Å². The van der Waals surface area contributed by atoms with Crippen LogP contribution >= 0.6 is 0 Å². The third-order valence-corrected chi connectivity index (χ3v) is 3.89. The first kappa shape index (κ1) is 15.3. The first-order valence-electron chi connectivity index (χ1n) is 7.74. The second kappa shape index (κ2) is 7.09. The first-order chi connectivity index (χ1) is 11.2. The van der Waals surface area contributed by atoms with E-state index in [2.05, 4.69) is 15.3 Å². The van der Waals surface area contributed by atoms with Crippen LogP contribution in [0.25, 0.3) is 0 Å².